The third-order valence-corrected chi connectivity index (χ3v) is 5.89. The number of aliphatic hydroxyl groups excluding tert-OH is 2. The maximum atomic E-state index is 10.8. The monoisotopic (exact) mass is 359 g/mol. The van der Waals surface area contributed by atoms with Gasteiger partial charge in [0, 0.05) is 18.8 Å². The van der Waals surface area contributed by atoms with E-state index in [1.807, 2.05) is 26.0 Å². The Kier molecular flexibility index (Phi) is 7.93. The first-order valence-corrected chi connectivity index (χ1v) is 9.82. The number of primary amides is 1. The van der Waals surface area contributed by atoms with Crippen LogP contribution in [-0.2, 0) is 4.79 Å². The summed E-state index contributed by atoms with van der Waals surface area (Å²) in [7, 11) is 0. The maximum Gasteiger partial charge on any atom is 0.217 e. The molecule has 0 unspecified atom stereocenters. The molecule has 1 amide bonds. The molecule has 2 rings (SSSR count). The van der Waals surface area contributed by atoms with E-state index in [4.69, 9.17) is 5.73 Å². The summed E-state index contributed by atoms with van der Waals surface area (Å²) in [6, 6.07) is 0. The van der Waals surface area contributed by atoms with Gasteiger partial charge in [0.25, 0.3) is 0 Å². The van der Waals surface area contributed by atoms with E-state index in [9.17, 15) is 15.0 Å². The molecule has 2 saturated carbocycles. The normalized spacial score (nSPS) is 31.6. The summed E-state index contributed by atoms with van der Waals surface area (Å²) in [5.74, 6) is 6.84. The molecule has 0 aromatic carbocycles. The molecule has 0 aromatic heterocycles. The van der Waals surface area contributed by atoms with Crippen molar-refractivity contribution in [1.82, 2.24) is 0 Å². The zero-order valence-electron chi connectivity index (χ0n) is 16.0. The number of carbonyl (C=O) groups is 1. The Hall–Kier alpha value is -1.57. The van der Waals surface area contributed by atoms with Crippen LogP contribution in [0.4, 0.5) is 0 Å². The van der Waals surface area contributed by atoms with Gasteiger partial charge in [-0.15, -0.1) is 11.8 Å². The molecule has 0 radical (unpaired) electrons. The first kappa shape index (κ1) is 20.7. The van der Waals surface area contributed by atoms with Crippen LogP contribution >= 0.6 is 0 Å². The minimum absolute atomic E-state index is 0.0948. The summed E-state index contributed by atoms with van der Waals surface area (Å²) >= 11 is 0. The van der Waals surface area contributed by atoms with E-state index in [0.717, 1.165) is 32.1 Å². The van der Waals surface area contributed by atoms with Crippen LogP contribution in [0.25, 0.3) is 0 Å². The largest absolute Gasteiger partial charge is 0.392 e. The topological polar surface area (TPSA) is 83.5 Å². The van der Waals surface area contributed by atoms with E-state index >= 15 is 0 Å². The van der Waals surface area contributed by atoms with E-state index in [2.05, 4.69) is 17.9 Å². The highest BCUT2D eigenvalue weighted by molar-refractivity contribution is 5.73. The average molecular weight is 360 g/mol. The van der Waals surface area contributed by atoms with E-state index in [-0.39, 0.29) is 23.8 Å². The van der Waals surface area contributed by atoms with Crippen molar-refractivity contribution in [2.45, 2.75) is 71.0 Å². The van der Waals surface area contributed by atoms with Gasteiger partial charge in [-0.1, -0.05) is 30.7 Å². The standard InChI is InChI=1S/C22H33NO3/c1-3-4-7-15(2)20(24)11-10-18-19-13-16(8-5-6-9-22(23)26)12-17(19)14-21(18)25/h8,10-11,15,17-21,24-25H,5-7,9,12-14H2,1-2H3,(H2,23,26)/b11-10+,16-8?/t15-,17+,18-,19+,20+,21-/m1/s1. The molecule has 26 heavy (non-hydrogen) atoms. The average Bonchev–Trinajstić information content (AvgIpc) is 3.10. The van der Waals surface area contributed by atoms with Crippen LogP contribution in [0, 0.1) is 35.5 Å². The van der Waals surface area contributed by atoms with Crippen LogP contribution < -0.4 is 5.73 Å². The molecule has 2 fully saturated rings. The molecule has 0 aromatic rings. The van der Waals surface area contributed by atoms with Gasteiger partial charge in [0.05, 0.1) is 12.2 Å². The minimum Gasteiger partial charge on any atom is -0.392 e. The van der Waals surface area contributed by atoms with Crippen molar-refractivity contribution < 1.29 is 15.0 Å². The van der Waals surface area contributed by atoms with Crippen molar-refractivity contribution in [3.05, 3.63) is 23.8 Å². The molecule has 4 nitrogen and oxygen atoms in total. The summed E-state index contributed by atoms with van der Waals surface area (Å²) in [4.78, 5) is 10.8. The Morgan fingerprint density at radius 2 is 2.19 bits per heavy atom. The van der Waals surface area contributed by atoms with Gasteiger partial charge in [-0.05, 0) is 56.8 Å². The Morgan fingerprint density at radius 1 is 1.42 bits per heavy atom. The first-order chi connectivity index (χ1) is 12.4. The van der Waals surface area contributed by atoms with Gasteiger partial charge in [0.1, 0.15) is 0 Å². The molecule has 4 N–H and O–H groups in total. The molecule has 0 heterocycles. The summed E-state index contributed by atoms with van der Waals surface area (Å²) in [6.45, 7) is 3.80. The van der Waals surface area contributed by atoms with Crippen LogP contribution in [0.5, 0.6) is 0 Å². The SMILES string of the molecule is CC#CC[C@@H](C)[C@@H](O)/C=C/[C@@H]1[C@H]2CC(=CCCCC(N)=O)C[C@H]2C[C@H]1O. The van der Waals surface area contributed by atoms with Gasteiger partial charge in [-0.3, -0.25) is 4.79 Å². The van der Waals surface area contributed by atoms with E-state index in [1.54, 1.807) is 0 Å². The van der Waals surface area contributed by atoms with Crippen LogP contribution in [-0.4, -0.2) is 28.3 Å². The zero-order valence-corrected chi connectivity index (χ0v) is 16.0. The summed E-state index contributed by atoms with van der Waals surface area (Å²) in [5, 5.41) is 20.7. The highest BCUT2D eigenvalue weighted by Crippen LogP contribution is 2.50. The van der Waals surface area contributed by atoms with Gasteiger partial charge in [-0.25, -0.2) is 0 Å². The number of allylic oxidation sites excluding steroid dienone is 2. The van der Waals surface area contributed by atoms with Crippen LogP contribution in [0.15, 0.2) is 23.8 Å². The minimum atomic E-state index is -0.521. The Balaban J connectivity index is 1.89. The molecule has 0 aliphatic heterocycles. The van der Waals surface area contributed by atoms with E-state index < -0.39 is 6.10 Å². The van der Waals surface area contributed by atoms with Crippen LogP contribution in [0.2, 0.25) is 0 Å². The molecule has 144 valence electrons. The number of hydrogen-bond donors (Lipinski definition) is 3. The Morgan fingerprint density at radius 3 is 2.88 bits per heavy atom. The number of unbranched alkanes of at least 4 members (excludes halogenated alkanes) is 1. The summed E-state index contributed by atoms with van der Waals surface area (Å²) in [5.41, 5.74) is 6.62. The third kappa shape index (κ3) is 5.72. The lowest BCUT2D eigenvalue weighted by atomic mass is 9.89. The second-order valence-electron chi connectivity index (χ2n) is 7.92. The lowest BCUT2D eigenvalue weighted by Gasteiger charge is -2.19. The number of hydrogen-bond acceptors (Lipinski definition) is 3. The Labute approximate surface area is 157 Å². The number of aliphatic hydroxyl groups is 2. The summed E-state index contributed by atoms with van der Waals surface area (Å²) < 4.78 is 0. The van der Waals surface area contributed by atoms with Gasteiger partial charge < -0.3 is 15.9 Å². The number of amides is 1. The van der Waals surface area contributed by atoms with E-state index in [0.29, 0.717) is 24.7 Å². The van der Waals surface area contributed by atoms with Crippen molar-refractivity contribution in [1.29, 1.82) is 0 Å². The third-order valence-electron chi connectivity index (χ3n) is 5.89. The second-order valence-corrected chi connectivity index (χ2v) is 7.92. The van der Waals surface area contributed by atoms with Gasteiger partial charge >= 0.3 is 0 Å². The Bertz CT molecular complexity index is 598. The molecule has 2 aliphatic rings. The lowest BCUT2D eigenvalue weighted by Crippen LogP contribution is -2.19. The summed E-state index contributed by atoms with van der Waals surface area (Å²) in [6.07, 6.45) is 11.1. The predicted molar refractivity (Wildman–Crippen MR) is 104 cm³/mol. The second kappa shape index (κ2) is 9.94. The molecule has 0 saturated heterocycles. The lowest BCUT2D eigenvalue weighted by molar-refractivity contribution is -0.118. The fraction of sp³-hybridized carbons (Fsp3) is 0.682. The van der Waals surface area contributed by atoms with Crippen molar-refractivity contribution in [2.75, 3.05) is 0 Å². The fourth-order valence-electron chi connectivity index (χ4n) is 4.34. The van der Waals surface area contributed by atoms with Gasteiger partial charge in [0.15, 0.2) is 0 Å². The van der Waals surface area contributed by atoms with Crippen LogP contribution in [0.1, 0.15) is 58.8 Å². The number of carbonyl (C=O) groups excluding carboxylic acids is 1. The number of rotatable bonds is 8. The first-order valence-electron chi connectivity index (χ1n) is 9.82. The van der Waals surface area contributed by atoms with Crippen molar-refractivity contribution in [2.24, 2.45) is 29.4 Å². The van der Waals surface area contributed by atoms with Gasteiger partial charge in [0.2, 0.25) is 5.91 Å². The highest BCUT2D eigenvalue weighted by atomic mass is 16.3. The fourth-order valence-corrected chi connectivity index (χ4v) is 4.34. The predicted octanol–water partition coefficient (Wildman–Crippen LogP) is 2.94. The van der Waals surface area contributed by atoms with Crippen molar-refractivity contribution in [3.8, 4) is 11.8 Å². The highest BCUT2D eigenvalue weighted by Gasteiger charge is 2.44. The van der Waals surface area contributed by atoms with Gasteiger partial charge in [-0.2, -0.15) is 0 Å². The molecule has 2 aliphatic carbocycles. The van der Waals surface area contributed by atoms with Crippen molar-refractivity contribution in [3.63, 3.8) is 0 Å². The molecular formula is C22H33NO3. The molecular weight excluding hydrogens is 326 g/mol. The quantitative estimate of drug-likeness (QED) is 0.354. The smallest absolute Gasteiger partial charge is 0.217 e. The number of nitrogens with two attached hydrogens (primary N) is 1. The number of fused-ring (bicyclic) bond motifs is 1. The molecule has 4 heteroatoms. The molecule has 0 bridgehead atoms. The zero-order chi connectivity index (χ0) is 19.1. The van der Waals surface area contributed by atoms with E-state index in [1.165, 1.54) is 5.57 Å². The molecule has 0 spiro atoms. The molecule has 6 atom stereocenters. The van der Waals surface area contributed by atoms with Crippen molar-refractivity contribution >= 4 is 5.91 Å². The maximum absolute atomic E-state index is 10.8. The van der Waals surface area contributed by atoms with Crippen LogP contribution in [0.3, 0.4) is 0 Å².